The predicted molar refractivity (Wildman–Crippen MR) is 68.5 cm³/mol. The van der Waals surface area contributed by atoms with E-state index in [0.29, 0.717) is 6.04 Å². The lowest BCUT2D eigenvalue weighted by molar-refractivity contribution is 0.211. The molecule has 0 bridgehead atoms. The van der Waals surface area contributed by atoms with Crippen molar-refractivity contribution in [3.63, 3.8) is 0 Å². The van der Waals surface area contributed by atoms with E-state index in [1.165, 1.54) is 12.0 Å². The first-order valence-corrected chi connectivity index (χ1v) is 6.36. The zero-order valence-electron chi connectivity index (χ0n) is 10.7. The molecule has 0 amide bonds. The van der Waals surface area contributed by atoms with Crippen LogP contribution in [0.25, 0.3) is 0 Å². The van der Waals surface area contributed by atoms with E-state index in [4.69, 9.17) is 0 Å². The van der Waals surface area contributed by atoms with Gasteiger partial charge in [0.05, 0.1) is 0 Å². The fourth-order valence-corrected chi connectivity index (χ4v) is 2.35. The molecule has 1 atom stereocenters. The molecule has 1 heterocycles. The van der Waals surface area contributed by atoms with Crippen molar-refractivity contribution in [2.45, 2.75) is 32.9 Å². The molecule has 0 saturated carbocycles. The molecule has 2 nitrogen and oxygen atoms in total. The lowest BCUT2D eigenvalue weighted by Crippen LogP contribution is -2.33. The van der Waals surface area contributed by atoms with E-state index >= 15 is 0 Å². The molecule has 1 fully saturated rings. The molecule has 1 aromatic rings. The average molecular weight is 236 g/mol. The monoisotopic (exact) mass is 236 g/mol. The highest BCUT2D eigenvalue weighted by Gasteiger charge is 2.17. The Labute approximate surface area is 103 Å². The van der Waals surface area contributed by atoms with Crippen molar-refractivity contribution in [3.05, 3.63) is 35.1 Å². The maximum absolute atomic E-state index is 13.0. The minimum Gasteiger partial charge on any atom is -0.315 e. The molecule has 1 aliphatic rings. The summed E-state index contributed by atoms with van der Waals surface area (Å²) < 4.78 is 13.0. The number of hydrogen-bond acceptors (Lipinski definition) is 2. The van der Waals surface area contributed by atoms with Gasteiger partial charge in [0.2, 0.25) is 0 Å². The van der Waals surface area contributed by atoms with Crippen LogP contribution < -0.4 is 5.32 Å². The molecule has 1 N–H and O–H groups in total. The van der Waals surface area contributed by atoms with Crippen molar-refractivity contribution in [1.29, 1.82) is 0 Å². The molecule has 0 spiro atoms. The van der Waals surface area contributed by atoms with Gasteiger partial charge in [-0.1, -0.05) is 6.07 Å². The van der Waals surface area contributed by atoms with Gasteiger partial charge >= 0.3 is 0 Å². The van der Waals surface area contributed by atoms with Gasteiger partial charge in [-0.2, -0.15) is 0 Å². The Morgan fingerprint density at radius 1 is 1.41 bits per heavy atom. The van der Waals surface area contributed by atoms with Gasteiger partial charge in [0.25, 0.3) is 0 Å². The van der Waals surface area contributed by atoms with E-state index in [1.807, 2.05) is 13.0 Å². The molecular formula is C14H21FN2. The summed E-state index contributed by atoms with van der Waals surface area (Å²) in [7, 11) is 0. The molecule has 1 aliphatic heterocycles. The Morgan fingerprint density at radius 2 is 2.24 bits per heavy atom. The normalized spacial score (nSPS) is 22.4. The fraction of sp³-hybridized carbons (Fsp3) is 0.571. The topological polar surface area (TPSA) is 15.3 Å². The summed E-state index contributed by atoms with van der Waals surface area (Å²) in [5.74, 6) is -0.142. The second-order valence-electron chi connectivity index (χ2n) is 4.93. The average Bonchev–Trinajstić information content (AvgIpc) is 2.48. The Hall–Kier alpha value is -0.930. The van der Waals surface area contributed by atoms with Crippen LogP contribution in [0, 0.1) is 12.7 Å². The smallest absolute Gasteiger partial charge is 0.123 e. The molecule has 0 aromatic heterocycles. The Kier molecular flexibility index (Phi) is 4.13. The summed E-state index contributed by atoms with van der Waals surface area (Å²) in [6, 6.07) is 5.68. The van der Waals surface area contributed by atoms with Crippen LogP contribution in [0.15, 0.2) is 18.2 Å². The van der Waals surface area contributed by atoms with Crippen LogP contribution in [-0.2, 0) is 6.54 Å². The summed E-state index contributed by atoms with van der Waals surface area (Å²) in [4.78, 5) is 2.47. The largest absolute Gasteiger partial charge is 0.315 e. The minimum atomic E-state index is -0.142. The number of nitrogens with one attached hydrogen (secondary N) is 1. The van der Waals surface area contributed by atoms with Gasteiger partial charge in [0.1, 0.15) is 5.82 Å². The third-order valence-corrected chi connectivity index (χ3v) is 3.62. The first-order valence-electron chi connectivity index (χ1n) is 6.36. The van der Waals surface area contributed by atoms with Gasteiger partial charge in [-0.15, -0.1) is 0 Å². The van der Waals surface area contributed by atoms with Gasteiger partial charge in [0.15, 0.2) is 0 Å². The van der Waals surface area contributed by atoms with Gasteiger partial charge in [-0.3, -0.25) is 4.90 Å². The second kappa shape index (κ2) is 5.61. The number of halogens is 1. The summed E-state index contributed by atoms with van der Waals surface area (Å²) in [6.07, 6.45) is 1.18. The van der Waals surface area contributed by atoms with Gasteiger partial charge < -0.3 is 5.32 Å². The van der Waals surface area contributed by atoms with Crippen molar-refractivity contribution in [2.24, 2.45) is 0 Å². The number of nitrogens with zero attached hydrogens (tertiary/aromatic N) is 1. The molecule has 0 radical (unpaired) electrons. The molecule has 1 aromatic carbocycles. The lowest BCUT2D eigenvalue weighted by Gasteiger charge is -2.27. The summed E-state index contributed by atoms with van der Waals surface area (Å²) in [6.45, 7) is 8.39. The summed E-state index contributed by atoms with van der Waals surface area (Å²) in [5.41, 5.74) is 2.29. The zero-order valence-corrected chi connectivity index (χ0v) is 10.7. The summed E-state index contributed by atoms with van der Waals surface area (Å²) >= 11 is 0. The van der Waals surface area contributed by atoms with Crippen LogP contribution in [0.5, 0.6) is 0 Å². The van der Waals surface area contributed by atoms with Crippen LogP contribution >= 0.6 is 0 Å². The van der Waals surface area contributed by atoms with E-state index in [9.17, 15) is 4.39 Å². The van der Waals surface area contributed by atoms with Crippen molar-refractivity contribution in [2.75, 3.05) is 19.6 Å². The van der Waals surface area contributed by atoms with Crippen molar-refractivity contribution in [3.8, 4) is 0 Å². The molecule has 3 heteroatoms. The molecule has 0 aliphatic carbocycles. The third-order valence-electron chi connectivity index (χ3n) is 3.62. The van der Waals surface area contributed by atoms with Crippen LogP contribution in [-0.4, -0.2) is 30.6 Å². The minimum absolute atomic E-state index is 0.142. The van der Waals surface area contributed by atoms with Crippen molar-refractivity contribution < 1.29 is 4.39 Å². The first kappa shape index (κ1) is 12.5. The highest BCUT2D eigenvalue weighted by molar-refractivity contribution is 5.26. The quantitative estimate of drug-likeness (QED) is 0.847. The Morgan fingerprint density at radius 3 is 3.00 bits per heavy atom. The molecule has 2 rings (SSSR count). The molecule has 17 heavy (non-hydrogen) atoms. The van der Waals surface area contributed by atoms with Gasteiger partial charge in [-0.05, 0) is 50.1 Å². The van der Waals surface area contributed by atoms with E-state index in [1.54, 1.807) is 12.1 Å². The third kappa shape index (κ3) is 3.27. The number of benzene rings is 1. The van der Waals surface area contributed by atoms with E-state index in [-0.39, 0.29) is 5.82 Å². The second-order valence-corrected chi connectivity index (χ2v) is 4.93. The van der Waals surface area contributed by atoms with Crippen LogP contribution in [0.3, 0.4) is 0 Å². The highest BCUT2D eigenvalue weighted by Crippen LogP contribution is 2.16. The zero-order chi connectivity index (χ0) is 12.3. The fourth-order valence-electron chi connectivity index (χ4n) is 2.35. The Balaban J connectivity index is 2.08. The van der Waals surface area contributed by atoms with E-state index < -0.39 is 0 Å². The van der Waals surface area contributed by atoms with Gasteiger partial charge in [0, 0.05) is 25.7 Å². The summed E-state index contributed by atoms with van der Waals surface area (Å²) in [5, 5.41) is 3.42. The molecular weight excluding hydrogens is 215 g/mol. The molecule has 1 unspecified atom stereocenters. The number of aryl methyl sites for hydroxylation is 1. The standard InChI is InChI=1S/C14H21FN2/c1-11-9-14(15)4-3-13(11)10-17-8-7-16-6-5-12(17)2/h3-4,9,12,16H,5-8,10H2,1-2H3. The first-order chi connectivity index (χ1) is 8.16. The number of rotatable bonds is 2. The van der Waals surface area contributed by atoms with Crippen molar-refractivity contribution in [1.82, 2.24) is 10.2 Å². The SMILES string of the molecule is Cc1cc(F)ccc1CN1CCNCCC1C. The maximum Gasteiger partial charge on any atom is 0.123 e. The lowest BCUT2D eigenvalue weighted by atomic mass is 10.1. The molecule has 94 valence electrons. The van der Waals surface area contributed by atoms with E-state index in [0.717, 1.165) is 31.7 Å². The van der Waals surface area contributed by atoms with Crippen LogP contribution in [0.1, 0.15) is 24.5 Å². The van der Waals surface area contributed by atoms with Crippen LogP contribution in [0.4, 0.5) is 4.39 Å². The maximum atomic E-state index is 13.0. The highest BCUT2D eigenvalue weighted by atomic mass is 19.1. The van der Waals surface area contributed by atoms with E-state index in [2.05, 4.69) is 17.1 Å². The number of hydrogen-bond donors (Lipinski definition) is 1. The van der Waals surface area contributed by atoms with Gasteiger partial charge in [-0.25, -0.2) is 4.39 Å². The molecule has 1 saturated heterocycles. The van der Waals surface area contributed by atoms with Crippen LogP contribution in [0.2, 0.25) is 0 Å². The Bertz CT molecular complexity index is 378. The predicted octanol–water partition coefficient (Wildman–Crippen LogP) is 2.32. The van der Waals surface area contributed by atoms with Crippen molar-refractivity contribution >= 4 is 0 Å².